The van der Waals surface area contributed by atoms with E-state index in [0.717, 1.165) is 11.1 Å². The Morgan fingerprint density at radius 1 is 1.24 bits per heavy atom. The molecule has 2 atom stereocenters. The lowest BCUT2D eigenvalue weighted by Gasteiger charge is -2.29. The van der Waals surface area contributed by atoms with Crippen LogP contribution in [0.5, 0.6) is 0 Å². The number of carbonyl (C=O) groups excluding carboxylic acids is 5. The van der Waals surface area contributed by atoms with E-state index in [2.05, 4.69) is 25.9 Å². The zero-order valence-electron chi connectivity index (χ0n) is 20.9. The molecule has 0 bridgehead atoms. The molecular formula is C25H30N6O6. The lowest BCUT2D eigenvalue weighted by molar-refractivity contribution is -0.137. The smallest absolute Gasteiger partial charge is 0.408 e. The molecule has 0 radical (unpaired) electrons. The molecule has 1 aromatic heterocycles. The van der Waals surface area contributed by atoms with Gasteiger partial charge in [0.2, 0.25) is 17.7 Å². The van der Waals surface area contributed by atoms with E-state index < -0.39 is 35.6 Å². The number of alkyl carbamates (subject to hydrolysis) is 1. The molecular weight excluding hydrogens is 480 g/mol. The number of ether oxygens (including phenoxy) is 1. The van der Waals surface area contributed by atoms with Crippen molar-refractivity contribution >= 4 is 29.7 Å². The second-order valence-electron chi connectivity index (χ2n) is 10.1. The van der Waals surface area contributed by atoms with Crippen LogP contribution in [0.25, 0.3) is 0 Å². The molecule has 4 N–H and O–H groups in total. The van der Waals surface area contributed by atoms with Crippen LogP contribution in [0.4, 0.5) is 4.79 Å². The molecule has 0 saturated carbocycles. The number of carbonyl (C=O) groups is 5. The lowest BCUT2D eigenvalue weighted by atomic mass is 10.0. The predicted molar refractivity (Wildman–Crippen MR) is 130 cm³/mol. The number of rotatable bonds is 7. The Bertz CT molecular complexity index is 1220. The number of amides is 5. The molecule has 37 heavy (non-hydrogen) atoms. The summed E-state index contributed by atoms with van der Waals surface area (Å²) < 4.78 is 5.29. The highest BCUT2D eigenvalue weighted by atomic mass is 16.6. The lowest BCUT2D eigenvalue weighted by Crippen LogP contribution is -2.52. The van der Waals surface area contributed by atoms with Gasteiger partial charge < -0.3 is 25.3 Å². The summed E-state index contributed by atoms with van der Waals surface area (Å²) in [6.07, 6.45) is 3.01. The topological polar surface area (TPSA) is 163 Å². The highest BCUT2D eigenvalue weighted by Crippen LogP contribution is 2.28. The summed E-state index contributed by atoms with van der Waals surface area (Å²) in [5.41, 5.74) is 1.93. The zero-order valence-corrected chi connectivity index (χ0v) is 20.9. The number of piperidine rings is 1. The van der Waals surface area contributed by atoms with Gasteiger partial charge in [0, 0.05) is 43.4 Å². The summed E-state index contributed by atoms with van der Waals surface area (Å²) in [6.45, 7) is 5.60. The molecule has 1 saturated heterocycles. The third-order valence-corrected chi connectivity index (χ3v) is 6.04. The minimum absolute atomic E-state index is 0.161. The van der Waals surface area contributed by atoms with E-state index in [1.54, 1.807) is 39.1 Å². The molecule has 3 heterocycles. The third kappa shape index (κ3) is 6.32. The second-order valence-corrected chi connectivity index (χ2v) is 10.1. The van der Waals surface area contributed by atoms with Gasteiger partial charge in [0.25, 0.3) is 5.91 Å². The maximum atomic E-state index is 13.0. The highest BCUT2D eigenvalue weighted by molar-refractivity contribution is 6.05. The van der Waals surface area contributed by atoms with Gasteiger partial charge in [-0.05, 0) is 44.4 Å². The first-order valence-corrected chi connectivity index (χ1v) is 12.0. The number of benzene rings is 1. The Hall–Kier alpha value is -4.22. The standard InChI is InChI=1S/C25H30N6O6/c1-25(2,3)37-24(36)29-18(9-16-11-26-13-28-16)21(33)27-10-14-4-5-17-15(8-14)12-31(23(17)35)19-6-7-20(32)30-22(19)34/h4-5,8,11,13,18-19H,6-7,9-10,12H2,1-3H3,(H,26,28)(H,27,33)(H,29,36)(H,30,32,34)/t18-,19+/m0/s1. The zero-order chi connectivity index (χ0) is 26.7. The van der Waals surface area contributed by atoms with Crippen LogP contribution in [-0.2, 0) is 38.6 Å². The van der Waals surface area contributed by atoms with Gasteiger partial charge in [0.1, 0.15) is 17.7 Å². The number of imide groups is 1. The van der Waals surface area contributed by atoms with Crippen LogP contribution in [0.15, 0.2) is 30.7 Å². The summed E-state index contributed by atoms with van der Waals surface area (Å²) in [6, 6.07) is 3.62. The van der Waals surface area contributed by atoms with Crippen molar-refractivity contribution in [3.8, 4) is 0 Å². The van der Waals surface area contributed by atoms with E-state index in [9.17, 15) is 24.0 Å². The first kappa shape index (κ1) is 25.9. The number of hydrogen-bond donors (Lipinski definition) is 4. The van der Waals surface area contributed by atoms with Gasteiger partial charge in [-0.25, -0.2) is 9.78 Å². The summed E-state index contributed by atoms with van der Waals surface area (Å²) >= 11 is 0. The average molecular weight is 511 g/mol. The Morgan fingerprint density at radius 2 is 2.03 bits per heavy atom. The normalized spacial score (nSPS) is 18.2. The van der Waals surface area contributed by atoms with Gasteiger partial charge in [-0.3, -0.25) is 24.5 Å². The van der Waals surface area contributed by atoms with Gasteiger partial charge >= 0.3 is 6.09 Å². The van der Waals surface area contributed by atoms with Crippen LogP contribution in [0.3, 0.4) is 0 Å². The average Bonchev–Trinajstić information content (AvgIpc) is 3.43. The maximum Gasteiger partial charge on any atom is 0.408 e. The van der Waals surface area contributed by atoms with Crippen molar-refractivity contribution in [1.29, 1.82) is 0 Å². The Kier molecular flexibility index (Phi) is 7.28. The molecule has 0 unspecified atom stereocenters. The number of H-pyrrole nitrogens is 1. The van der Waals surface area contributed by atoms with Gasteiger partial charge in [-0.15, -0.1) is 0 Å². The molecule has 2 aliphatic heterocycles. The SMILES string of the molecule is CC(C)(C)OC(=O)N[C@@H](Cc1cnc[nH]1)C(=O)NCc1ccc2c(c1)CN([C@@H]1CCC(=O)NC1=O)C2=O. The van der Waals surface area contributed by atoms with Crippen molar-refractivity contribution in [1.82, 2.24) is 30.8 Å². The van der Waals surface area contributed by atoms with Crippen molar-refractivity contribution in [3.05, 3.63) is 53.1 Å². The minimum atomic E-state index is -0.908. The number of hydrogen-bond acceptors (Lipinski definition) is 7. The molecule has 12 heteroatoms. The van der Waals surface area contributed by atoms with E-state index in [1.165, 1.54) is 11.2 Å². The molecule has 5 amide bonds. The molecule has 196 valence electrons. The van der Waals surface area contributed by atoms with Gasteiger partial charge in [-0.2, -0.15) is 0 Å². The van der Waals surface area contributed by atoms with Gasteiger partial charge in [-0.1, -0.05) is 12.1 Å². The number of aromatic amines is 1. The van der Waals surface area contributed by atoms with Crippen LogP contribution in [0, 0.1) is 0 Å². The molecule has 2 aliphatic rings. The van der Waals surface area contributed by atoms with E-state index in [0.29, 0.717) is 11.3 Å². The number of nitrogens with zero attached hydrogens (tertiary/aromatic N) is 2. The minimum Gasteiger partial charge on any atom is -0.444 e. The van der Waals surface area contributed by atoms with Crippen LogP contribution in [0.2, 0.25) is 0 Å². The van der Waals surface area contributed by atoms with Gasteiger partial charge in [0.05, 0.1) is 6.33 Å². The first-order valence-electron chi connectivity index (χ1n) is 12.0. The fourth-order valence-electron chi connectivity index (χ4n) is 4.33. The third-order valence-electron chi connectivity index (χ3n) is 6.04. The highest BCUT2D eigenvalue weighted by Gasteiger charge is 2.39. The Morgan fingerprint density at radius 3 is 2.70 bits per heavy atom. The largest absolute Gasteiger partial charge is 0.444 e. The predicted octanol–water partition coefficient (Wildman–Crippen LogP) is 0.923. The van der Waals surface area contributed by atoms with Crippen molar-refractivity contribution in [2.75, 3.05) is 0 Å². The number of nitrogens with one attached hydrogen (secondary N) is 4. The molecule has 0 spiro atoms. The number of aromatic nitrogens is 2. The Balaban J connectivity index is 1.40. The Labute approximate surface area is 213 Å². The van der Waals surface area contributed by atoms with E-state index in [1.807, 2.05) is 6.07 Å². The molecule has 4 rings (SSSR count). The van der Waals surface area contributed by atoms with Crippen LogP contribution >= 0.6 is 0 Å². The quantitative estimate of drug-likeness (QED) is 0.403. The summed E-state index contributed by atoms with van der Waals surface area (Å²) in [7, 11) is 0. The monoisotopic (exact) mass is 510 g/mol. The van der Waals surface area contributed by atoms with Crippen LogP contribution < -0.4 is 16.0 Å². The van der Waals surface area contributed by atoms with Crippen molar-refractivity contribution < 1.29 is 28.7 Å². The molecule has 2 aromatic rings. The van der Waals surface area contributed by atoms with E-state index in [4.69, 9.17) is 4.74 Å². The van der Waals surface area contributed by atoms with Gasteiger partial charge in [0.15, 0.2) is 0 Å². The summed E-state index contributed by atoms with van der Waals surface area (Å²) in [5.74, 6) is -1.48. The maximum absolute atomic E-state index is 13.0. The number of fused-ring (bicyclic) bond motifs is 1. The molecule has 1 fully saturated rings. The molecule has 12 nitrogen and oxygen atoms in total. The molecule has 1 aromatic carbocycles. The fourth-order valence-corrected chi connectivity index (χ4v) is 4.33. The van der Waals surface area contributed by atoms with Crippen LogP contribution in [-0.4, -0.2) is 62.3 Å². The van der Waals surface area contributed by atoms with Crippen molar-refractivity contribution in [3.63, 3.8) is 0 Å². The van der Waals surface area contributed by atoms with E-state index >= 15 is 0 Å². The van der Waals surface area contributed by atoms with Crippen molar-refractivity contribution in [2.45, 2.75) is 70.8 Å². The van der Waals surface area contributed by atoms with E-state index in [-0.39, 0.29) is 44.2 Å². The second kappa shape index (κ2) is 10.4. The van der Waals surface area contributed by atoms with Crippen molar-refractivity contribution in [2.24, 2.45) is 0 Å². The fraction of sp³-hybridized carbons (Fsp3) is 0.440. The van der Waals surface area contributed by atoms with Crippen LogP contribution in [0.1, 0.15) is 60.8 Å². The first-order chi connectivity index (χ1) is 17.5. The molecule has 0 aliphatic carbocycles. The summed E-state index contributed by atoms with van der Waals surface area (Å²) in [4.78, 5) is 70.2. The number of imidazole rings is 1. The summed E-state index contributed by atoms with van der Waals surface area (Å²) in [5, 5.41) is 7.72.